The number of nitrogens with zero attached hydrogens (tertiary/aromatic N) is 5. The van der Waals surface area contributed by atoms with E-state index in [9.17, 15) is 0 Å². The van der Waals surface area contributed by atoms with Crippen LogP contribution in [-0.2, 0) is 19.5 Å². The van der Waals surface area contributed by atoms with Gasteiger partial charge in [0.15, 0.2) is 5.96 Å². The molecule has 0 fully saturated rings. The molecule has 0 amide bonds. The molecule has 0 aliphatic carbocycles. The topological polar surface area (TPSA) is 70.4 Å². The van der Waals surface area contributed by atoms with E-state index in [-0.39, 0.29) is 24.0 Å². The molecule has 1 aliphatic rings. The van der Waals surface area contributed by atoms with Crippen molar-refractivity contribution in [2.24, 2.45) is 4.99 Å². The van der Waals surface area contributed by atoms with E-state index in [0.717, 1.165) is 56.6 Å². The van der Waals surface area contributed by atoms with E-state index in [0.29, 0.717) is 12.1 Å². The highest BCUT2D eigenvalue weighted by Crippen LogP contribution is 2.13. The van der Waals surface area contributed by atoms with Crippen LogP contribution in [0.4, 0.5) is 0 Å². The van der Waals surface area contributed by atoms with Gasteiger partial charge in [0.1, 0.15) is 11.6 Å². The van der Waals surface area contributed by atoms with Crippen LogP contribution in [0.25, 0.3) is 0 Å². The fourth-order valence-corrected chi connectivity index (χ4v) is 3.45. The van der Waals surface area contributed by atoms with Gasteiger partial charge in [-0.2, -0.15) is 5.10 Å². The number of guanidine groups is 1. The first-order valence-electron chi connectivity index (χ1n) is 10.2. The summed E-state index contributed by atoms with van der Waals surface area (Å²) in [4.78, 5) is 11.7. The lowest BCUT2D eigenvalue weighted by molar-refractivity contribution is 0.255. The zero-order valence-corrected chi connectivity index (χ0v) is 20.3. The number of likely N-dealkylation sites (N-methyl/N-ethyl adjacent to an activating group) is 1. The average Bonchev–Trinajstić information content (AvgIpc) is 3.06. The Morgan fingerprint density at radius 2 is 2.10 bits per heavy atom. The van der Waals surface area contributed by atoms with Gasteiger partial charge in [0.2, 0.25) is 0 Å². The van der Waals surface area contributed by atoms with E-state index in [1.807, 2.05) is 11.6 Å². The van der Waals surface area contributed by atoms with E-state index in [1.54, 1.807) is 0 Å². The molecule has 1 aliphatic heterocycles. The smallest absolute Gasteiger partial charge is 0.191 e. The second-order valence-corrected chi connectivity index (χ2v) is 7.61. The van der Waals surface area contributed by atoms with Crippen molar-refractivity contribution in [3.63, 3.8) is 0 Å². The van der Waals surface area contributed by atoms with Crippen LogP contribution < -0.4 is 10.6 Å². The number of aromatic nitrogens is 3. The maximum atomic E-state index is 4.84. The van der Waals surface area contributed by atoms with Gasteiger partial charge in [-0.1, -0.05) is 30.3 Å². The molecule has 29 heavy (non-hydrogen) atoms. The van der Waals surface area contributed by atoms with Gasteiger partial charge in [0.25, 0.3) is 0 Å². The number of aliphatic imine (C=N–C) groups is 1. The van der Waals surface area contributed by atoms with Gasteiger partial charge in [0.05, 0.1) is 13.1 Å². The molecule has 2 aromatic rings. The average molecular weight is 511 g/mol. The first-order chi connectivity index (χ1) is 13.5. The number of hydrogen-bond donors (Lipinski definition) is 2. The maximum absolute atomic E-state index is 4.84. The van der Waals surface area contributed by atoms with Crippen LogP contribution >= 0.6 is 24.0 Å². The number of fused-ring (bicyclic) bond motifs is 1. The Morgan fingerprint density at radius 1 is 1.34 bits per heavy atom. The van der Waals surface area contributed by atoms with Crippen LogP contribution in [0.1, 0.15) is 37.5 Å². The standard InChI is InChI=1S/C21H33N7.HI/c1-5-22-21(25-19-11-12-20-24-17(3)26-28(20)15-19)23-13-16(2)27(4)14-18-9-7-6-8-10-18;/h6-10,16,19H,5,11-15H2,1-4H3,(H2,22,23,25);1H. The Hall–Kier alpha value is -1.68. The number of nitrogens with one attached hydrogen (secondary N) is 2. The molecule has 0 bridgehead atoms. The summed E-state index contributed by atoms with van der Waals surface area (Å²) >= 11 is 0. The third kappa shape index (κ3) is 6.95. The van der Waals surface area contributed by atoms with Crippen molar-refractivity contribution >= 4 is 29.9 Å². The third-order valence-corrected chi connectivity index (χ3v) is 5.19. The van der Waals surface area contributed by atoms with E-state index < -0.39 is 0 Å². The molecule has 0 spiro atoms. The summed E-state index contributed by atoms with van der Waals surface area (Å²) in [6.45, 7) is 9.64. The summed E-state index contributed by atoms with van der Waals surface area (Å²) in [6.07, 6.45) is 2.00. The van der Waals surface area contributed by atoms with Gasteiger partial charge in [-0.15, -0.1) is 24.0 Å². The first kappa shape index (κ1) is 23.6. The predicted octanol–water partition coefficient (Wildman–Crippen LogP) is 2.59. The van der Waals surface area contributed by atoms with E-state index in [2.05, 4.69) is 76.8 Å². The van der Waals surface area contributed by atoms with Crippen LogP contribution in [0.5, 0.6) is 0 Å². The summed E-state index contributed by atoms with van der Waals surface area (Å²) in [7, 11) is 2.16. The Balaban J connectivity index is 0.00000300. The lowest BCUT2D eigenvalue weighted by Crippen LogP contribution is -2.47. The first-order valence-corrected chi connectivity index (χ1v) is 10.2. The number of rotatable bonds is 7. The van der Waals surface area contributed by atoms with Crippen molar-refractivity contribution in [2.75, 3.05) is 20.1 Å². The highest BCUT2D eigenvalue weighted by molar-refractivity contribution is 14.0. The zero-order valence-electron chi connectivity index (χ0n) is 17.9. The van der Waals surface area contributed by atoms with Crippen molar-refractivity contribution in [3.05, 3.63) is 47.5 Å². The summed E-state index contributed by atoms with van der Waals surface area (Å²) in [5.74, 6) is 2.83. The van der Waals surface area contributed by atoms with Gasteiger partial charge in [-0.25, -0.2) is 9.67 Å². The molecule has 1 aromatic carbocycles. The Kier molecular flexibility index (Phi) is 9.35. The molecule has 2 atom stereocenters. The normalized spacial score (nSPS) is 17.4. The number of aryl methyl sites for hydroxylation is 2. The van der Waals surface area contributed by atoms with Crippen LogP contribution in [0.3, 0.4) is 0 Å². The summed E-state index contributed by atoms with van der Waals surface area (Å²) in [5.41, 5.74) is 1.33. The van der Waals surface area contributed by atoms with E-state index >= 15 is 0 Å². The van der Waals surface area contributed by atoms with Crippen molar-refractivity contribution in [2.45, 2.75) is 58.8 Å². The predicted molar refractivity (Wildman–Crippen MR) is 129 cm³/mol. The largest absolute Gasteiger partial charge is 0.357 e. The molecule has 0 saturated heterocycles. The number of halogens is 1. The van der Waals surface area contributed by atoms with E-state index in [1.165, 1.54) is 5.56 Å². The fourth-order valence-electron chi connectivity index (χ4n) is 3.45. The Morgan fingerprint density at radius 3 is 2.83 bits per heavy atom. The van der Waals surface area contributed by atoms with E-state index in [4.69, 9.17) is 4.99 Å². The third-order valence-electron chi connectivity index (χ3n) is 5.19. The monoisotopic (exact) mass is 511 g/mol. The van der Waals surface area contributed by atoms with Gasteiger partial charge < -0.3 is 10.6 Å². The molecule has 0 radical (unpaired) electrons. The minimum absolute atomic E-state index is 0. The molecule has 7 nitrogen and oxygen atoms in total. The van der Waals surface area contributed by atoms with Crippen molar-refractivity contribution in [1.82, 2.24) is 30.3 Å². The summed E-state index contributed by atoms with van der Waals surface area (Å²) in [6, 6.07) is 11.2. The van der Waals surface area contributed by atoms with Crippen molar-refractivity contribution in [1.29, 1.82) is 0 Å². The molecule has 1 aromatic heterocycles. The van der Waals surface area contributed by atoms with Crippen LogP contribution in [0.15, 0.2) is 35.3 Å². The van der Waals surface area contributed by atoms with Gasteiger partial charge in [0, 0.05) is 31.6 Å². The lowest BCUT2D eigenvalue weighted by atomic mass is 10.1. The van der Waals surface area contributed by atoms with Crippen LogP contribution in [-0.4, -0.2) is 57.8 Å². The Bertz CT molecular complexity index is 775. The van der Waals surface area contributed by atoms with Gasteiger partial charge in [-0.3, -0.25) is 9.89 Å². The highest BCUT2D eigenvalue weighted by atomic mass is 127. The van der Waals surface area contributed by atoms with Crippen LogP contribution in [0, 0.1) is 6.92 Å². The molecule has 160 valence electrons. The van der Waals surface area contributed by atoms with Crippen LogP contribution in [0.2, 0.25) is 0 Å². The SMILES string of the molecule is CCNC(=NCC(C)N(C)Cc1ccccc1)NC1CCc2nc(C)nn2C1.I. The number of hydrogen-bond acceptors (Lipinski definition) is 4. The molecule has 2 heterocycles. The maximum Gasteiger partial charge on any atom is 0.191 e. The zero-order chi connectivity index (χ0) is 19.9. The van der Waals surface area contributed by atoms with Gasteiger partial charge in [-0.05, 0) is 39.8 Å². The summed E-state index contributed by atoms with van der Waals surface area (Å²) < 4.78 is 2.02. The molecule has 3 rings (SSSR count). The molecular weight excluding hydrogens is 477 g/mol. The molecule has 2 N–H and O–H groups in total. The second kappa shape index (κ2) is 11.5. The molecule has 0 saturated carbocycles. The van der Waals surface area contributed by atoms with Crippen molar-refractivity contribution < 1.29 is 0 Å². The summed E-state index contributed by atoms with van der Waals surface area (Å²) in [5, 5.41) is 11.5. The molecule has 2 unspecified atom stereocenters. The lowest BCUT2D eigenvalue weighted by Gasteiger charge is -2.26. The fraction of sp³-hybridized carbons (Fsp3) is 0.571. The van der Waals surface area contributed by atoms with Crippen molar-refractivity contribution in [3.8, 4) is 0 Å². The second-order valence-electron chi connectivity index (χ2n) is 7.61. The molecular formula is C21H34IN7. The minimum Gasteiger partial charge on any atom is -0.357 e. The highest BCUT2D eigenvalue weighted by Gasteiger charge is 2.21. The quantitative estimate of drug-likeness (QED) is 0.340. The molecule has 8 heteroatoms. The van der Waals surface area contributed by atoms with Gasteiger partial charge >= 0.3 is 0 Å². The Labute approximate surface area is 191 Å². The number of benzene rings is 1. The minimum atomic E-state index is 0.